The molecular formula is C22H25F2N7O3. The van der Waals surface area contributed by atoms with Crippen LogP contribution in [0.5, 0.6) is 5.75 Å². The van der Waals surface area contributed by atoms with E-state index in [0.717, 1.165) is 11.1 Å². The van der Waals surface area contributed by atoms with Crippen LogP contribution < -0.4 is 15.4 Å². The Bertz CT molecular complexity index is 1120. The van der Waals surface area contributed by atoms with Gasteiger partial charge in [-0.1, -0.05) is 12.1 Å². The Morgan fingerprint density at radius 3 is 2.88 bits per heavy atom. The molecule has 3 heterocycles. The molecule has 0 spiro atoms. The summed E-state index contributed by atoms with van der Waals surface area (Å²) in [6.07, 6.45) is 4.97. The summed E-state index contributed by atoms with van der Waals surface area (Å²) in [5.74, 6) is 1.02. The van der Waals surface area contributed by atoms with Crippen molar-refractivity contribution in [2.75, 3.05) is 36.9 Å². The molecule has 0 radical (unpaired) electrons. The molecule has 10 nitrogen and oxygen atoms in total. The van der Waals surface area contributed by atoms with Crippen LogP contribution in [0, 0.1) is 6.92 Å². The average Bonchev–Trinajstić information content (AvgIpc) is 3.26. The van der Waals surface area contributed by atoms with Crippen LogP contribution in [0.1, 0.15) is 11.1 Å². The number of aryl methyl sites for hydroxylation is 1. The van der Waals surface area contributed by atoms with Gasteiger partial charge in [-0.2, -0.15) is 18.9 Å². The summed E-state index contributed by atoms with van der Waals surface area (Å²) >= 11 is 0. The Hall–Kier alpha value is -3.80. The summed E-state index contributed by atoms with van der Waals surface area (Å²) in [6.45, 7) is 1.75. The van der Waals surface area contributed by atoms with E-state index in [0.29, 0.717) is 50.3 Å². The Morgan fingerprint density at radius 1 is 1.26 bits per heavy atom. The van der Waals surface area contributed by atoms with Crippen LogP contribution in [0.25, 0.3) is 0 Å². The van der Waals surface area contributed by atoms with Crippen molar-refractivity contribution in [3.05, 3.63) is 54.0 Å². The van der Waals surface area contributed by atoms with E-state index < -0.39 is 6.61 Å². The van der Waals surface area contributed by atoms with E-state index in [-0.39, 0.29) is 18.2 Å². The highest BCUT2D eigenvalue weighted by atomic mass is 19.3. The van der Waals surface area contributed by atoms with Crippen LogP contribution in [0.2, 0.25) is 0 Å². The maximum atomic E-state index is 12.4. The van der Waals surface area contributed by atoms with Crippen LogP contribution >= 0.6 is 0 Å². The number of anilines is 3. The van der Waals surface area contributed by atoms with Gasteiger partial charge in [-0.05, 0) is 24.6 Å². The van der Waals surface area contributed by atoms with Crippen molar-refractivity contribution < 1.29 is 23.0 Å². The summed E-state index contributed by atoms with van der Waals surface area (Å²) in [5.41, 5.74) is 2.22. The van der Waals surface area contributed by atoms with Gasteiger partial charge in [-0.15, -0.1) is 0 Å². The molecule has 1 aliphatic heterocycles. The molecule has 4 rings (SSSR count). The zero-order valence-corrected chi connectivity index (χ0v) is 18.6. The number of carbonyl (C=O) groups is 1. The minimum Gasteiger partial charge on any atom is -0.435 e. The number of nitrogens with zero attached hydrogens (tertiary/aromatic N) is 5. The molecule has 0 unspecified atom stereocenters. The molecule has 34 heavy (non-hydrogen) atoms. The molecule has 12 heteroatoms. The smallest absolute Gasteiger partial charge is 0.387 e. The van der Waals surface area contributed by atoms with Crippen LogP contribution in [-0.4, -0.2) is 63.5 Å². The van der Waals surface area contributed by atoms with Crippen LogP contribution in [0.15, 0.2) is 42.9 Å². The standard InChI is InChI=1S/C22H25F2N7O3/c1-15-10-26-22(29-20(15)25-11-16-3-2-4-18(9-16)34-21(23)24)28-17-12-27-31(13-17)14-19(32)30-5-7-33-8-6-30/h2-4,9-10,12-13,21H,5-8,11,14H2,1H3,(H2,25,26,28,29). The highest BCUT2D eigenvalue weighted by Gasteiger charge is 2.17. The number of ether oxygens (including phenoxy) is 2. The van der Waals surface area contributed by atoms with E-state index in [4.69, 9.17) is 4.74 Å². The third-order valence-corrected chi connectivity index (χ3v) is 5.11. The van der Waals surface area contributed by atoms with Crippen molar-refractivity contribution in [3.8, 4) is 5.75 Å². The number of carbonyl (C=O) groups excluding carboxylic acids is 1. The number of benzene rings is 1. The topological polar surface area (TPSA) is 106 Å². The van der Waals surface area contributed by atoms with Gasteiger partial charge in [-0.3, -0.25) is 9.48 Å². The molecule has 2 aromatic heterocycles. The molecule has 1 aromatic carbocycles. The SMILES string of the molecule is Cc1cnc(Nc2cnn(CC(=O)N3CCOCC3)c2)nc1NCc1cccc(OC(F)F)c1. The fourth-order valence-electron chi connectivity index (χ4n) is 3.39. The number of amides is 1. The molecule has 180 valence electrons. The molecule has 1 amide bonds. The number of aromatic nitrogens is 4. The minimum absolute atomic E-state index is 0.0148. The lowest BCUT2D eigenvalue weighted by Crippen LogP contribution is -2.42. The Balaban J connectivity index is 1.35. The predicted molar refractivity (Wildman–Crippen MR) is 120 cm³/mol. The highest BCUT2D eigenvalue weighted by Crippen LogP contribution is 2.20. The molecule has 1 aliphatic rings. The molecular weight excluding hydrogens is 448 g/mol. The lowest BCUT2D eigenvalue weighted by Gasteiger charge is -2.26. The van der Waals surface area contributed by atoms with Crippen molar-refractivity contribution in [2.45, 2.75) is 26.6 Å². The van der Waals surface area contributed by atoms with Crippen molar-refractivity contribution in [2.24, 2.45) is 0 Å². The lowest BCUT2D eigenvalue weighted by atomic mass is 10.2. The third kappa shape index (κ3) is 6.38. The molecule has 2 N–H and O–H groups in total. The third-order valence-electron chi connectivity index (χ3n) is 5.11. The van der Waals surface area contributed by atoms with E-state index in [9.17, 15) is 13.6 Å². The molecule has 0 atom stereocenters. The number of hydrogen-bond donors (Lipinski definition) is 2. The second-order valence-corrected chi connectivity index (χ2v) is 7.65. The van der Waals surface area contributed by atoms with Crippen molar-refractivity contribution in [3.63, 3.8) is 0 Å². The Morgan fingerprint density at radius 2 is 2.09 bits per heavy atom. The van der Waals surface area contributed by atoms with Gasteiger partial charge >= 0.3 is 6.61 Å². The average molecular weight is 473 g/mol. The quantitative estimate of drug-likeness (QED) is 0.489. The summed E-state index contributed by atoms with van der Waals surface area (Å²) in [6, 6.07) is 6.47. The van der Waals surface area contributed by atoms with E-state index in [2.05, 4.69) is 30.4 Å². The summed E-state index contributed by atoms with van der Waals surface area (Å²) < 4.78 is 36.1. The number of morpholine rings is 1. The summed E-state index contributed by atoms with van der Waals surface area (Å²) in [7, 11) is 0. The first-order valence-electron chi connectivity index (χ1n) is 10.7. The molecule has 0 aliphatic carbocycles. The van der Waals surface area contributed by atoms with Gasteiger partial charge in [0.1, 0.15) is 18.1 Å². The summed E-state index contributed by atoms with van der Waals surface area (Å²) in [5, 5.41) is 10.5. The summed E-state index contributed by atoms with van der Waals surface area (Å²) in [4.78, 5) is 22.9. The minimum atomic E-state index is -2.87. The first-order chi connectivity index (χ1) is 16.5. The second-order valence-electron chi connectivity index (χ2n) is 7.65. The zero-order valence-electron chi connectivity index (χ0n) is 18.6. The van der Waals surface area contributed by atoms with Gasteiger partial charge in [-0.25, -0.2) is 4.98 Å². The number of hydrogen-bond acceptors (Lipinski definition) is 8. The lowest BCUT2D eigenvalue weighted by molar-refractivity contribution is -0.136. The first kappa shape index (κ1) is 23.4. The maximum Gasteiger partial charge on any atom is 0.387 e. The number of halogens is 2. The molecule has 0 bridgehead atoms. The van der Waals surface area contributed by atoms with Crippen molar-refractivity contribution in [1.29, 1.82) is 0 Å². The van der Waals surface area contributed by atoms with Gasteiger partial charge in [0.15, 0.2) is 0 Å². The first-order valence-corrected chi connectivity index (χ1v) is 10.7. The molecule has 0 saturated carbocycles. The fraction of sp³-hybridized carbons (Fsp3) is 0.364. The van der Waals surface area contributed by atoms with E-state index >= 15 is 0 Å². The maximum absolute atomic E-state index is 12.4. The molecule has 1 fully saturated rings. The van der Waals surface area contributed by atoms with Crippen LogP contribution in [0.3, 0.4) is 0 Å². The Kier molecular flexibility index (Phi) is 7.48. The van der Waals surface area contributed by atoms with Crippen LogP contribution in [0.4, 0.5) is 26.2 Å². The Labute approximate surface area is 194 Å². The second kappa shape index (κ2) is 10.9. The number of rotatable bonds is 9. The van der Waals surface area contributed by atoms with Gasteiger partial charge < -0.3 is 25.0 Å². The fourth-order valence-corrected chi connectivity index (χ4v) is 3.39. The van der Waals surface area contributed by atoms with Crippen LogP contribution in [-0.2, 0) is 22.6 Å². The largest absolute Gasteiger partial charge is 0.435 e. The van der Waals surface area contributed by atoms with E-state index in [1.807, 2.05) is 6.92 Å². The number of nitrogens with one attached hydrogen (secondary N) is 2. The van der Waals surface area contributed by atoms with Crippen molar-refractivity contribution >= 4 is 23.4 Å². The normalized spacial score (nSPS) is 13.7. The monoisotopic (exact) mass is 473 g/mol. The van der Waals surface area contributed by atoms with Crippen molar-refractivity contribution in [1.82, 2.24) is 24.6 Å². The van der Waals surface area contributed by atoms with Gasteiger partial charge in [0, 0.05) is 37.6 Å². The molecule has 1 saturated heterocycles. The predicted octanol–water partition coefficient (Wildman–Crippen LogP) is 2.80. The van der Waals surface area contributed by atoms with E-state index in [1.165, 1.54) is 6.07 Å². The van der Waals surface area contributed by atoms with E-state index in [1.54, 1.807) is 46.4 Å². The van der Waals surface area contributed by atoms with Gasteiger partial charge in [0.25, 0.3) is 0 Å². The molecule has 3 aromatic rings. The highest BCUT2D eigenvalue weighted by molar-refractivity contribution is 5.76. The van der Waals surface area contributed by atoms with Gasteiger partial charge in [0.2, 0.25) is 11.9 Å². The zero-order chi connectivity index (χ0) is 23.9. The van der Waals surface area contributed by atoms with Gasteiger partial charge in [0.05, 0.1) is 25.1 Å². The number of alkyl halides is 2.